The van der Waals surface area contributed by atoms with E-state index in [0.717, 1.165) is 20.9 Å². The fraction of sp³-hybridized carbons (Fsp3) is 0.214. The molecule has 1 aromatic carbocycles. The van der Waals surface area contributed by atoms with Gasteiger partial charge in [0.1, 0.15) is 12.4 Å². The van der Waals surface area contributed by atoms with Gasteiger partial charge in [-0.3, -0.25) is 4.79 Å². The molecule has 0 saturated carbocycles. The topological polar surface area (TPSA) is 63.5 Å². The van der Waals surface area contributed by atoms with Crippen molar-refractivity contribution in [2.45, 2.75) is 6.54 Å². The van der Waals surface area contributed by atoms with Crippen LogP contribution >= 0.6 is 22.6 Å². The molecule has 1 heterocycles. The smallest absolute Gasteiger partial charge is 0.250 e. The van der Waals surface area contributed by atoms with Crippen LogP contribution < -0.4 is 10.6 Å². The molecule has 0 bridgehead atoms. The van der Waals surface area contributed by atoms with Crippen molar-refractivity contribution >= 4 is 39.9 Å². The predicted molar refractivity (Wildman–Crippen MR) is 85.7 cm³/mol. The van der Waals surface area contributed by atoms with Gasteiger partial charge in [0.2, 0.25) is 5.91 Å². The van der Waals surface area contributed by atoms with Crippen molar-refractivity contribution in [1.29, 1.82) is 0 Å². The molecule has 0 aliphatic heterocycles. The third kappa shape index (κ3) is 4.53. The standard InChI is InChI=1S/C14H15IN2O3/c1-19-9-14(18)17-11-4-2-10(3-5-11)16-8-12-6-7-13(15)20-12/h2-7,16H,8-9H2,1H3,(H,17,18). The van der Waals surface area contributed by atoms with Gasteiger partial charge in [0.25, 0.3) is 0 Å². The van der Waals surface area contributed by atoms with E-state index >= 15 is 0 Å². The molecule has 0 atom stereocenters. The first kappa shape index (κ1) is 14.9. The van der Waals surface area contributed by atoms with E-state index in [4.69, 9.17) is 9.15 Å². The van der Waals surface area contributed by atoms with Crippen molar-refractivity contribution in [3.8, 4) is 0 Å². The molecule has 20 heavy (non-hydrogen) atoms. The van der Waals surface area contributed by atoms with Crippen LogP contribution in [0, 0.1) is 3.77 Å². The summed E-state index contributed by atoms with van der Waals surface area (Å²) in [4.78, 5) is 11.3. The van der Waals surface area contributed by atoms with Crippen LogP contribution in [0.5, 0.6) is 0 Å². The van der Waals surface area contributed by atoms with E-state index in [9.17, 15) is 4.79 Å². The van der Waals surface area contributed by atoms with E-state index in [1.807, 2.05) is 36.4 Å². The highest BCUT2D eigenvalue weighted by Gasteiger charge is 2.02. The lowest BCUT2D eigenvalue weighted by Crippen LogP contribution is -2.16. The number of carbonyl (C=O) groups is 1. The minimum atomic E-state index is -0.168. The van der Waals surface area contributed by atoms with Crippen LogP contribution in [0.25, 0.3) is 0 Å². The zero-order valence-electron chi connectivity index (χ0n) is 11.0. The Bertz CT molecular complexity index is 566. The third-order valence-corrected chi connectivity index (χ3v) is 3.12. The molecular formula is C14H15IN2O3. The van der Waals surface area contributed by atoms with Gasteiger partial charge < -0.3 is 19.8 Å². The van der Waals surface area contributed by atoms with Gasteiger partial charge in [0.15, 0.2) is 3.77 Å². The number of nitrogens with one attached hydrogen (secondary N) is 2. The molecule has 0 unspecified atom stereocenters. The quantitative estimate of drug-likeness (QED) is 0.750. The van der Waals surface area contributed by atoms with Gasteiger partial charge in [-0.05, 0) is 59.0 Å². The lowest BCUT2D eigenvalue weighted by Gasteiger charge is -2.07. The Hall–Kier alpha value is -1.54. The van der Waals surface area contributed by atoms with E-state index < -0.39 is 0 Å². The number of ether oxygens (including phenoxy) is 1. The maximum Gasteiger partial charge on any atom is 0.250 e. The summed E-state index contributed by atoms with van der Waals surface area (Å²) in [6, 6.07) is 11.3. The van der Waals surface area contributed by atoms with Crippen molar-refractivity contribution in [1.82, 2.24) is 0 Å². The molecule has 2 rings (SSSR count). The Morgan fingerprint density at radius 3 is 2.50 bits per heavy atom. The van der Waals surface area contributed by atoms with Crippen LogP contribution in [-0.4, -0.2) is 19.6 Å². The molecule has 2 aromatic rings. The van der Waals surface area contributed by atoms with Gasteiger partial charge >= 0.3 is 0 Å². The van der Waals surface area contributed by atoms with Gasteiger partial charge in [-0.15, -0.1) is 0 Å². The van der Waals surface area contributed by atoms with E-state index in [1.165, 1.54) is 7.11 Å². The average Bonchev–Trinajstić information content (AvgIpc) is 2.84. The first-order valence-corrected chi connectivity index (χ1v) is 7.12. The largest absolute Gasteiger partial charge is 0.454 e. The number of halogens is 1. The highest BCUT2D eigenvalue weighted by Crippen LogP contribution is 2.16. The molecule has 1 aromatic heterocycles. The Kier molecular flexibility index (Phi) is 5.42. The minimum absolute atomic E-state index is 0.0527. The average molecular weight is 386 g/mol. The second-order valence-corrected chi connectivity index (χ2v) is 5.18. The van der Waals surface area contributed by atoms with Crippen molar-refractivity contribution in [2.75, 3.05) is 24.4 Å². The zero-order chi connectivity index (χ0) is 14.4. The number of hydrogen-bond acceptors (Lipinski definition) is 4. The summed E-state index contributed by atoms with van der Waals surface area (Å²) in [5.74, 6) is 0.713. The highest BCUT2D eigenvalue weighted by molar-refractivity contribution is 14.1. The molecule has 6 heteroatoms. The molecule has 5 nitrogen and oxygen atoms in total. The van der Waals surface area contributed by atoms with Crippen LogP contribution in [0.2, 0.25) is 0 Å². The van der Waals surface area contributed by atoms with Crippen LogP contribution in [-0.2, 0) is 16.1 Å². The van der Waals surface area contributed by atoms with Gasteiger partial charge in [0, 0.05) is 18.5 Å². The predicted octanol–water partition coefficient (Wildman–Crippen LogP) is 3.08. The van der Waals surface area contributed by atoms with Crippen molar-refractivity contribution < 1.29 is 13.9 Å². The van der Waals surface area contributed by atoms with Crippen LogP contribution in [0.15, 0.2) is 40.8 Å². The summed E-state index contributed by atoms with van der Waals surface area (Å²) in [6.07, 6.45) is 0. The lowest BCUT2D eigenvalue weighted by molar-refractivity contribution is -0.119. The number of furan rings is 1. The monoisotopic (exact) mass is 386 g/mol. The summed E-state index contributed by atoms with van der Waals surface area (Å²) in [7, 11) is 1.49. The molecule has 0 aliphatic carbocycles. The Morgan fingerprint density at radius 2 is 1.90 bits per heavy atom. The fourth-order valence-electron chi connectivity index (χ4n) is 1.64. The summed E-state index contributed by atoms with van der Waals surface area (Å²) >= 11 is 2.13. The van der Waals surface area contributed by atoms with Crippen molar-refractivity contribution in [3.05, 3.63) is 45.9 Å². The van der Waals surface area contributed by atoms with E-state index in [0.29, 0.717) is 6.54 Å². The third-order valence-electron chi connectivity index (χ3n) is 2.54. The van der Waals surface area contributed by atoms with Crippen LogP contribution in [0.4, 0.5) is 11.4 Å². The lowest BCUT2D eigenvalue weighted by atomic mass is 10.2. The number of rotatable bonds is 6. The van der Waals surface area contributed by atoms with Crippen LogP contribution in [0.3, 0.4) is 0 Å². The Morgan fingerprint density at radius 1 is 1.20 bits per heavy atom. The first-order chi connectivity index (χ1) is 9.67. The van der Waals surface area contributed by atoms with Crippen molar-refractivity contribution in [2.24, 2.45) is 0 Å². The van der Waals surface area contributed by atoms with E-state index in [-0.39, 0.29) is 12.5 Å². The number of amides is 1. The molecule has 106 valence electrons. The van der Waals surface area contributed by atoms with Gasteiger partial charge in [0.05, 0.1) is 6.54 Å². The molecule has 1 amide bonds. The van der Waals surface area contributed by atoms with E-state index in [1.54, 1.807) is 0 Å². The SMILES string of the molecule is COCC(=O)Nc1ccc(NCc2ccc(I)o2)cc1. The number of anilines is 2. The minimum Gasteiger partial charge on any atom is -0.454 e. The fourth-order valence-corrected chi connectivity index (χ4v) is 2.10. The number of benzene rings is 1. The van der Waals surface area contributed by atoms with Crippen LogP contribution in [0.1, 0.15) is 5.76 Å². The summed E-state index contributed by atoms with van der Waals surface area (Å²) in [5, 5.41) is 5.98. The summed E-state index contributed by atoms with van der Waals surface area (Å²) in [5.41, 5.74) is 1.70. The van der Waals surface area contributed by atoms with Gasteiger partial charge in [-0.1, -0.05) is 0 Å². The molecule has 0 fully saturated rings. The first-order valence-electron chi connectivity index (χ1n) is 6.04. The maximum absolute atomic E-state index is 11.3. The normalized spacial score (nSPS) is 10.3. The highest BCUT2D eigenvalue weighted by atomic mass is 127. The molecule has 2 N–H and O–H groups in total. The Balaban J connectivity index is 1.86. The van der Waals surface area contributed by atoms with Gasteiger partial charge in [-0.2, -0.15) is 0 Å². The second kappa shape index (κ2) is 7.30. The molecule has 0 aliphatic rings. The Labute approximate surface area is 130 Å². The zero-order valence-corrected chi connectivity index (χ0v) is 13.1. The molecule has 0 radical (unpaired) electrons. The molecule has 0 saturated heterocycles. The molecular weight excluding hydrogens is 371 g/mol. The summed E-state index contributed by atoms with van der Waals surface area (Å²) < 4.78 is 11.1. The number of carbonyl (C=O) groups excluding carboxylic acids is 1. The van der Waals surface area contributed by atoms with Crippen molar-refractivity contribution in [3.63, 3.8) is 0 Å². The number of methoxy groups -OCH3 is 1. The maximum atomic E-state index is 11.3. The number of hydrogen-bond donors (Lipinski definition) is 2. The van der Waals surface area contributed by atoms with Gasteiger partial charge in [-0.25, -0.2) is 0 Å². The molecule has 0 spiro atoms. The summed E-state index contributed by atoms with van der Waals surface area (Å²) in [6.45, 7) is 0.676. The second-order valence-electron chi connectivity index (χ2n) is 4.12. The van der Waals surface area contributed by atoms with E-state index in [2.05, 4.69) is 33.2 Å².